The number of hydrogen-bond donors (Lipinski definition) is 3. The lowest BCUT2D eigenvalue weighted by molar-refractivity contribution is -0.121. The lowest BCUT2D eigenvalue weighted by atomic mass is 10.0. The highest BCUT2D eigenvalue weighted by Crippen LogP contribution is 2.22. The third-order valence-corrected chi connectivity index (χ3v) is 3.37. The molecule has 0 aliphatic carbocycles. The van der Waals surface area contributed by atoms with E-state index in [1.807, 2.05) is 31.2 Å². The molecule has 1 atom stereocenters. The number of aliphatic hydroxyl groups is 1. The molecule has 0 aliphatic rings. The summed E-state index contributed by atoms with van der Waals surface area (Å²) in [6.45, 7) is 3.14. The van der Waals surface area contributed by atoms with E-state index in [2.05, 4.69) is 29.6 Å². The number of rotatable bonds is 4. The SMILES string of the molecule is Cc1ccc(-c2ccc(NC(=O)C(C)(N)CO)cc2)cc1. The largest absolute Gasteiger partial charge is 0.394 e. The predicted octanol–water partition coefficient (Wildman–Crippen LogP) is 2.31. The van der Waals surface area contributed by atoms with Crippen LogP contribution in [0.4, 0.5) is 5.69 Å². The third kappa shape index (κ3) is 3.68. The van der Waals surface area contributed by atoms with Crippen LogP contribution in [0.1, 0.15) is 12.5 Å². The summed E-state index contributed by atoms with van der Waals surface area (Å²) in [6, 6.07) is 15.8. The van der Waals surface area contributed by atoms with Gasteiger partial charge in [-0.05, 0) is 37.1 Å². The summed E-state index contributed by atoms with van der Waals surface area (Å²) in [6.07, 6.45) is 0. The highest BCUT2D eigenvalue weighted by molar-refractivity contribution is 5.97. The first-order valence-electron chi connectivity index (χ1n) is 6.81. The fourth-order valence-corrected chi connectivity index (χ4v) is 1.84. The third-order valence-electron chi connectivity index (χ3n) is 3.37. The van der Waals surface area contributed by atoms with Crippen LogP contribution in [0.3, 0.4) is 0 Å². The molecular formula is C17H20N2O2. The summed E-state index contributed by atoms with van der Waals surface area (Å²) in [4.78, 5) is 11.9. The Morgan fingerprint density at radius 1 is 1.10 bits per heavy atom. The van der Waals surface area contributed by atoms with E-state index in [9.17, 15) is 4.79 Å². The fraction of sp³-hybridized carbons (Fsp3) is 0.235. The van der Waals surface area contributed by atoms with Crippen LogP contribution in [0, 0.1) is 6.92 Å². The molecule has 110 valence electrons. The topological polar surface area (TPSA) is 75.4 Å². The molecule has 4 N–H and O–H groups in total. The molecule has 2 rings (SSSR count). The second-order valence-electron chi connectivity index (χ2n) is 5.47. The first-order valence-corrected chi connectivity index (χ1v) is 6.81. The van der Waals surface area contributed by atoms with Crippen LogP contribution in [0.2, 0.25) is 0 Å². The molecule has 21 heavy (non-hydrogen) atoms. The molecule has 1 amide bonds. The highest BCUT2D eigenvalue weighted by Gasteiger charge is 2.27. The van der Waals surface area contributed by atoms with Crippen molar-refractivity contribution in [3.8, 4) is 11.1 Å². The molecule has 0 aliphatic heterocycles. The summed E-state index contributed by atoms with van der Waals surface area (Å²) in [5, 5.41) is 11.8. The number of aliphatic hydroxyl groups excluding tert-OH is 1. The molecule has 0 radical (unpaired) electrons. The molecule has 4 nitrogen and oxygen atoms in total. The van der Waals surface area contributed by atoms with Crippen molar-refractivity contribution in [2.45, 2.75) is 19.4 Å². The zero-order chi connectivity index (χ0) is 15.5. The van der Waals surface area contributed by atoms with Gasteiger partial charge in [0.05, 0.1) is 6.61 Å². The molecule has 0 bridgehead atoms. The molecule has 1 unspecified atom stereocenters. The van der Waals surface area contributed by atoms with Gasteiger partial charge < -0.3 is 16.2 Å². The normalized spacial score (nSPS) is 13.5. The number of hydrogen-bond acceptors (Lipinski definition) is 3. The van der Waals surface area contributed by atoms with E-state index in [1.165, 1.54) is 12.5 Å². The van der Waals surface area contributed by atoms with E-state index in [4.69, 9.17) is 10.8 Å². The lowest BCUT2D eigenvalue weighted by Gasteiger charge is -2.20. The van der Waals surface area contributed by atoms with Gasteiger partial charge in [0.25, 0.3) is 0 Å². The molecule has 0 saturated carbocycles. The minimum absolute atomic E-state index is 0.402. The number of benzene rings is 2. The van der Waals surface area contributed by atoms with E-state index >= 15 is 0 Å². The van der Waals surface area contributed by atoms with Crippen LogP contribution in [-0.2, 0) is 4.79 Å². The number of nitrogens with two attached hydrogens (primary N) is 1. The maximum atomic E-state index is 11.9. The van der Waals surface area contributed by atoms with Crippen molar-refractivity contribution in [3.63, 3.8) is 0 Å². The molecule has 0 saturated heterocycles. The quantitative estimate of drug-likeness (QED) is 0.806. The van der Waals surface area contributed by atoms with E-state index in [0.717, 1.165) is 11.1 Å². The average molecular weight is 284 g/mol. The van der Waals surface area contributed by atoms with Gasteiger partial charge in [0.1, 0.15) is 5.54 Å². The zero-order valence-electron chi connectivity index (χ0n) is 12.3. The number of amides is 1. The van der Waals surface area contributed by atoms with E-state index in [0.29, 0.717) is 5.69 Å². The summed E-state index contributed by atoms with van der Waals surface area (Å²) in [5.74, 6) is -0.409. The van der Waals surface area contributed by atoms with Crippen LogP contribution in [0.15, 0.2) is 48.5 Å². The van der Waals surface area contributed by atoms with Gasteiger partial charge in [-0.15, -0.1) is 0 Å². The van der Waals surface area contributed by atoms with Crippen molar-refractivity contribution >= 4 is 11.6 Å². The molecule has 2 aromatic carbocycles. The average Bonchev–Trinajstić information content (AvgIpc) is 2.49. The van der Waals surface area contributed by atoms with Crippen molar-refractivity contribution in [1.29, 1.82) is 0 Å². The number of carbonyl (C=O) groups excluding carboxylic acids is 1. The Labute approximate surface area is 124 Å². The zero-order valence-corrected chi connectivity index (χ0v) is 12.3. The molecule has 0 aromatic heterocycles. The number of anilines is 1. The van der Waals surface area contributed by atoms with Crippen molar-refractivity contribution in [3.05, 3.63) is 54.1 Å². The maximum absolute atomic E-state index is 11.9. The van der Waals surface area contributed by atoms with Gasteiger partial charge in [0.2, 0.25) is 5.91 Å². The molecular weight excluding hydrogens is 264 g/mol. The van der Waals surface area contributed by atoms with Crippen molar-refractivity contribution < 1.29 is 9.90 Å². The Morgan fingerprint density at radius 2 is 1.57 bits per heavy atom. The lowest BCUT2D eigenvalue weighted by Crippen LogP contribution is -2.51. The molecule has 0 fully saturated rings. The van der Waals surface area contributed by atoms with Gasteiger partial charge in [0, 0.05) is 5.69 Å². The van der Waals surface area contributed by atoms with Gasteiger partial charge in [-0.25, -0.2) is 0 Å². The first kappa shape index (κ1) is 15.2. The fourth-order valence-electron chi connectivity index (χ4n) is 1.84. The van der Waals surface area contributed by atoms with Gasteiger partial charge in [-0.3, -0.25) is 4.79 Å². The van der Waals surface area contributed by atoms with Crippen LogP contribution in [0.25, 0.3) is 11.1 Å². The predicted molar refractivity (Wildman–Crippen MR) is 84.9 cm³/mol. The summed E-state index contributed by atoms with van der Waals surface area (Å²) < 4.78 is 0. The smallest absolute Gasteiger partial charge is 0.246 e. The van der Waals surface area contributed by atoms with E-state index < -0.39 is 18.1 Å². The molecule has 4 heteroatoms. The van der Waals surface area contributed by atoms with Crippen molar-refractivity contribution in [1.82, 2.24) is 0 Å². The molecule has 2 aromatic rings. The van der Waals surface area contributed by atoms with Crippen LogP contribution >= 0.6 is 0 Å². The summed E-state index contributed by atoms with van der Waals surface area (Å²) in [7, 11) is 0. The maximum Gasteiger partial charge on any atom is 0.246 e. The minimum Gasteiger partial charge on any atom is -0.394 e. The van der Waals surface area contributed by atoms with Crippen molar-refractivity contribution in [2.24, 2.45) is 5.73 Å². The number of aryl methyl sites for hydroxylation is 1. The molecule has 0 heterocycles. The standard InChI is InChI=1S/C17H20N2O2/c1-12-3-5-13(6-4-12)14-7-9-15(10-8-14)19-16(21)17(2,18)11-20/h3-10,20H,11,18H2,1-2H3,(H,19,21). The van der Waals surface area contributed by atoms with E-state index in [1.54, 1.807) is 0 Å². The van der Waals surface area contributed by atoms with Gasteiger partial charge >= 0.3 is 0 Å². The summed E-state index contributed by atoms with van der Waals surface area (Å²) >= 11 is 0. The van der Waals surface area contributed by atoms with Gasteiger partial charge in [0.15, 0.2) is 0 Å². The van der Waals surface area contributed by atoms with Crippen molar-refractivity contribution in [2.75, 3.05) is 11.9 Å². The first-order chi connectivity index (χ1) is 9.92. The minimum atomic E-state index is -1.28. The summed E-state index contributed by atoms with van der Waals surface area (Å²) in [5.41, 5.74) is 8.47. The second kappa shape index (κ2) is 6.08. The monoisotopic (exact) mass is 284 g/mol. The van der Waals surface area contributed by atoms with E-state index in [-0.39, 0.29) is 0 Å². The Hall–Kier alpha value is -2.17. The van der Waals surface area contributed by atoms with Gasteiger partial charge in [-0.1, -0.05) is 42.0 Å². The highest BCUT2D eigenvalue weighted by atomic mass is 16.3. The number of carbonyl (C=O) groups is 1. The van der Waals surface area contributed by atoms with Crippen LogP contribution in [-0.4, -0.2) is 23.2 Å². The Bertz CT molecular complexity index is 616. The Balaban J connectivity index is 2.12. The molecule has 0 spiro atoms. The second-order valence-corrected chi connectivity index (χ2v) is 5.47. The Kier molecular flexibility index (Phi) is 4.40. The number of nitrogens with one attached hydrogen (secondary N) is 1. The van der Waals surface area contributed by atoms with Gasteiger partial charge in [-0.2, -0.15) is 0 Å². The van der Waals surface area contributed by atoms with Crippen LogP contribution < -0.4 is 11.1 Å². The van der Waals surface area contributed by atoms with Crippen LogP contribution in [0.5, 0.6) is 0 Å². The Morgan fingerprint density at radius 3 is 2.05 bits per heavy atom.